The number of para-hydroxylation sites is 3. The van der Waals surface area contributed by atoms with Crippen LogP contribution >= 0.6 is 0 Å². The summed E-state index contributed by atoms with van der Waals surface area (Å²) in [6.07, 6.45) is 2.20. The second kappa shape index (κ2) is 6.30. The summed E-state index contributed by atoms with van der Waals surface area (Å²) in [7, 11) is 4.18. The number of aryl methyl sites for hydroxylation is 1. The molecule has 0 radical (unpaired) electrons. The first-order valence-corrected chi connectivity index (χ1v) is 9.54. The molecule has 5 nitrogen and oxygen atoms in total. The minimum absolute atomic E-state index is 0.120. The summed E-state index contributed by atoms with van der Waals surface area (Å²) in [5.74, 6) is 0.919. The van der Waals surface area contributed by atoms with E-state index in [0.717, 1.165) is 39.6 Å². The maximum Gasteiger partial charge on any atom is 0.401 e. The van der Waals surface area contributed by atoms with Crippen LogP contribution in [0.25, 0.3) is 22.3 Å². The van der Waals surface area contributed by atoms with Gasteiger partial charge in [-0.15, -0.1) is 0 Å². The molecule has 3 heterocycles. The van der Waals surface area contributed by atoms with E-state index in [4.69, 9.17) is 4.98 Å². The average Bonchev–Trinajstić information content (AvgIpc) is 3.04. The van der Waals surface area contributed by atoms with E-state index in [1.54, 1.807) is 0 Å². The monoisotopic (exact) mass is 369 g/mol. The topological polar surface area (TPSA) is 35.9 Å². The molecule has 138 valence electrons. The molecule has 5 heteroatoms. The molecular weight excluding hydrogens is 346 g/mol. The summed E-state index contributed by atoms with van der Waals surface area (Å²) in [6, 6.07) is 23.0. The highest BCUT2D eigenvalue weighted by molar-refractivity contribution is 5.90. The fourth-order valence-corrected chi connectivity index (χ4v) is 4.11. The van der Waals surface area contributed by atoms with Crippen molar-refractivity contribution in [1.82, 2.24) is 4.98 Å². The molecule has 0 unspecified atom stereocenters. The Morgan fingerprint density at radius 3 is 2.54 bits per heavy atom. The Bertz CT molecular complexity index is 1200. The first kappa shape index (κ1) is 16.7. The third-order valence-corrected chi connectivity index (χ3v) is 5.44. The molecule has 1 aliphatic rings. The zero-order valence-corrected chi connectivity index (χ0v) is 16.3. The Morgan fingerprint density at radius 2 is 1.68 bits per heavy atom. The molecular formula is C23H23N5+2. The summed E-state index contributed by atoms with van der Waals surface area (Å²) in [5.41, 5.74) is 5.58. The number of hydrogen-bond acceptors (Lipinski definition) is 3. The molecule has 5 rings (SSSR count). The highest BCUT2D eigenvalue weighted by atomic mass is 15.4. The van der Waals surface area contributed by atoms with Gasteiger partial charge in [-0.25, -0.2) is 9.47 Å². The SMILES string of the molecule is C[C@@H]1Nc2ccccc2N1c1nc2ccccc2c(-c2cccc[n+]2C)[n+]1C. The molecule has 0 saturated heterocycles. The van der Waals surface area contributed by atoms with E-state index in [2.05, 4.69) is 107 Å². The maximum atomic E-state index is 5.06. The lowest BCUT2D eigenvalue weighted by Gasteiger charge is -2.19. The van der Waals surface area contributed by atoms with E-state index in [1.807, 2.05) is 6.07 Å². The Hall–Kier alpha value is -3.47. The fraction of sp³-hybridized carbons (Fsp3) is 0.174. The van der Waals surface area contributed by atoms with Gasteiger partial charge in [0.1, 0.15) is 12.7 Å². The molecule has 0 amide bonds. The molecule has 2 aromatic heterocycles. The average molecular weight is 369 g/mol. The van der Waals surface area contributed by atoms with Crippen LogP contribution in [0.15, 0.2) is 72.9 Å². The van der Waals surface area contributed by atoms with E-state index in [9.17, 15) is 0 Å². The van der Waals surface area contributed by atoms with Gasteiger partial charge in [-0.2, -0.15) is 4.57 Å². The van der Waals surface area contributed by atoms with Crippen molar-refractivity contribution in [1.29, 1.82) is 0 Å². The first-order chi connectivity index (χ1) is 13.6. The predicted octanol–water partition coefficient (Wildman–Crippen LogP) is 3.46. The normalized spacial score (nSPS) is 15.5. The summed E-state index contributed by atoms with van der Waals surface area (Å²) in [5, 5.41) is 4.70. The van der Waals surface area contributed by atoms with Crippen LogP contribution in [-0.2, 0) is 14.1 Å². The highest BCUT2D eigenvalue weighted by Gasteiger charge is 2.37. The summed E-state index contributed by atoms with van der Waals surface area (Å²) >= 11 is 0. The molecule has 0 aliphatic carbocycles. The summed E-state index contributed by atoms with van der Waals surface area (Å²) in [4.78, 5) is 7.33. The van der Waals surface area contributed by atoms with Crippen molar-refractivity contribution in [3.8, 4) is 11.4 Å². The van der Waals surface area contributed by atoms with Gasteiger partial charge >= 0.3 is 5.95 Å². The minimum Gasteiger partial charge on any atom is -0.350 e. The molecule has 1 aliphatic heterocycles. The molecule has 0 bridgehead atoms. The second-order valence-corrected chi connectivity index (χ2v) is 7.24. The lowest BCUT2D eigenvalue weighted by molar-refractivity contribution is -0.684. The van der Waals surface area contributed by atoms with Gasteiger partial charge in [-0.05, 0) is 37.3 Å². The molecule has 0 saturated carbocycles. The number of nitrogens with zero attached hydrogens (tertiary/aromatic N) is 4. The Kier molecular flexibility index (Phi) is 3.76. The largest absolute Gasteiger partial charge is 0.401 e. The van der Waals surface area contributed by atoms with Gasteiger partial charge in [0.05, 0.1) is 18.1 Å². The van der Waals surface area contributed by atoms with E-state index in [1.165, 1.54) is 0 Å². The van der Waals surface area contributed by atoms with Crippen LogP contribution in [0.3, 0.4) is 0 Å². The van der Waals surface area contributed by atoms with E-state index < -0.39 is 0 Å². The van der Waals surface area contributed by atoms with Crippen molar-refractivity contribution in [3.63, 3.8) is 0 Å². The Labute approximate surface area is 164 Å². The number of pyridine rings is 1. The van der Waals surface area contributed by atoms with Gasteiger partial charge in [0.15, 0.2) is 23.6 Å². The van der Waals surface area contributed by atoms with Crippen LogP contribution in [0.1, 0.15) is 6.92 Å². The van der Waals surface area contributed by atoms with Crippen molar-refractivity contribution in [2.45, 2.75) is 13.1 Å². The van der Waals surface area contributed by atoms with Gasteiger partial charge in [-0.1, -0.05) is 29.2 Å². The van der Waals surface area contributed by atoms with E-state index in [0.29, 0.717) is 0 Å². The second-order valence-electron chi connectivity index (χ2n) is 7.24. The van der Waals surface area contributed by atoms with Gasteiger partial charge < -0.3 is 5.32 Å². The number of nitrogens with one attached hydrogen (secondary N) is 1. The number of hydrogen-bond donors (Lipinski definition) is 1. The molecule has 1 atom stereocenters. The zero-order valence-electron chi connectivity index (χ0n) is 16.3. The van der Waals surface area contributed by atoms with Crippen LogP contribution in [0.5, 0.6) is 0 Å². The minimum atomic E-state index is 0.120. The standard InChI is InChI=1S/C23H22N5/c1-16-24-19-12-6-7-13-20(19)28(16)23-25-18-11-5-4-10-17(18)22(27(23)3)21-14-8-9-15-26(21)2/h4-16H,1-3H3/q+1/p+1/t16-/m1/s1. The van der Waals surface area contributed by atoms with Crippen molar-refractivity contribution >= 4 is 28.2 Å². The molecule has 4 aromatic rings. The van der Waals surface area contributed by atoms with Crippen LogP contribution in [0, 0.1) is 0 Å². The Balaban J connectivity index is 1.83. The lowest BCUT2D eigenvalue weighted by atomic mass is 10.1. The summed E-state index contributed by atoms with van der Waals surface area (Å²) in [6.45, 7) is 2.17. The van der Waals surface area contributed by atoms with Crippen molar-refractivity contribution in [2.75, 3.05) is 10.2 Å². The maximum absolute atomic E-state index is 5.06. The molecule has 0 fully saturated rings. The van der Waals surface area contributed by atoms with Gasteiger partial charge in [0.25, 0.3) is 0 Å². The van der Waals surface area contributed by atoms with E-state index in [-0.39, 0.29) is 6.17 Å². The number of rotatable bonds is 2. The quantitative estimate of drug-likeness (QED) is 0.550. The van der Waals surface area contributed by atoms with Crippen molar-refractivity contribution < 1.29 is 9.13 Å². The first-order valence-electron chi connectivity index (χ1n) is 9.54. The summed E-state index contributed by atoms with van der Waals surface area (Å²) < 4.78 is 4.36. The highest BCUT2D eigenvalue weighted by Crippen LogP contribution is 2.38. The fourth-order valence-electron chi connectivity index (χ4n) is 4.11. The molecule has 1 N–H and O–H groups in total. The number of fused-ring (bicyclic) bond motifs is 2. The third kappa shape index (κ3) is 2.43. The van der Waals surface area contributed by atoms with Crippen LogP contribution in [0.2, 0.25) is 0 Å². The molecule has 0 spiro atoms. The van der Waals surface area contributed by atoms with Crippen molar-refractivity contribution in [3.05, 3.63) is 72.9 Å². The number of anilines is 3. The zero-order chi connectivity index (χ0) is 19.3. The van der Waals surface area contributed by atoms with Crippen LogP contribution in [0.4, 0.5) is 17.3 Å². The van der Waals surface area contributed by atoms with E-state index >= 15 is 0 Å². The van der Waals surface area contributed by atoms with Crippen molar-refractivity contribution in [2.24, 2.45) is 14.1 Å². The van der Waals surface area contributed by atoms with Gasteiger partial charge in [0, 0.05) is 12.1 Å². The molecule has 28 heavy (non-hydrogen) atoms. The number of aromatic nitrogens is 3. The predicted molar refractivity (Wildman–Crippen MR) is 111 cm³/mol. The molecule has 2 aromatic carbocycles. The number of benzene rings is 2. The smallest absolute Gasteiger partial charge is 0.350 e. The van der Waals surface area contributed by atoms with Crippen LogP contribution in [-0.4, -0.2) is 11.1 Å². The van der Waals surface area contributed by atoms with Crippen LogP contribution < -0.4 is 19.4 Å². The Morgan fingerprint density at radius 1 is 0.929 bits per heavy atom. The lowest BCUT2D eigenvalue weighted by Crippen LogP contribution is -2.45. The van der Waals surface area contributed by atoms with Gasteiger partial charge in [0.2, 0.25) is 5.69 Å². The van der Waals surface area contributed by atoms with Gasteiger partial charge in [-0.3, -0.25) is 0 Å². The third-order valence-electron chi connectivity index (χ3n) is 5.44.